The normalized spacial score (nSPS) is 10.6. The van der Waals surface area contributed by atoms with Crippen molar-refractivity contribution < 1.29 is 9.72 Å². The van der Waals surface area contributed by atoms with Crippen LogP contribution in [-0.4, -0.2) is 16.6 Å². The molecular formula is C18H20N2O3S. The van der Waals surface area contributed by atoms with Crippen LogP contribution in [0.1, 0.15) is 30.9 Å². The van der Waals surface area contributed by atoms with Gasteiger partial charge in [0.1, 0.15) is 0 Å². The van der Waals surface area contributed by atoms with Crippen LogP contribution in [-0.2, 0) is 10.5 Å². The van der Waals surface area contributed by atoms with Crippen LogP contribution in [0.2, 0.25) is 0 Å². The van der Waals surface area contributed by atoms with E-state index in [2.05, 4.69) is 19.2 Å². The molecule has 0 fully saturated rings. The number of para-hydroxylation sites is 1. The van der Waals surface area contributed by atoms with Crippen molar-refractivity contribution in [3.63, 3.8) is 0 Å². The van der Waals surface area contributed by atoms with Gasteiger partial charge in [-0.2, -0.15) is 0 Å². The Hall–Kier alpha value is -2.34. The molecule has 0 atom stereocenters. The highest BCUT2D eigenvalue weighted by atomic mass is 32.2. The fourth-order valence-corrected chi connectivity index (χ4v) is 3.06. The molecule has 0 radical (unpaired) electrons. The largest absolute Gasteiger partial charge is 0.325 e. The molecule has 2 rings (SSSR count). The van der Waals surface area contributed by atoms with E-state index in [1.165, 1.54) is 23.9 Å². The number of benzene rings is 2. The quantitative estimate of drug-likeness (QED) is 0.589. The zero-order valence-electron chi connectivity index (χ0n) is 13.7. The number of rotatable bonds is 7. The topological polar surface area (TPSA) is 72.2 Å². The molecule has 2 aromatic rings. The number of carbonyl (C=O) groups excluding carboxylic acids is 1. The zero-order chi connectivity index (χ0) is 17.5. The van der Waals surface area contributed by atoms with Gasteiger partial charge in [-0.05, 0) is 23.1 Å². The average molecular weight is 344 g/mol. The number of carbonyl (C=O) groups is 1. The van der Waals surface area contributed by atoms with Crippen LogP contribution in [0.3, 0.4) is 0 Å². The molecule has 0 saturated heterocycles. The van der Waals surface area contributed by atoms with Crippen molar-refractivity contribution in [2.45, 2.75) is 25.5 Å². The van der Waals surface area contributed by atoms with E-state index in [1.807, 2.05) is 24.3 Å². The summed E-state index contributed by atoms with van der Waals surface area (Å²) in [5.41, 5.74) is 3.01. The third kappa shape index (κ3) is 5.09. The van der Waals surface area contributed by atoms with E-state index < -0.39 is 4.92 Å². The second-order valence-corrected chi connectivity index (χ2v) is 6.69. The molecule has 0 aliphatic heterocycles. The van der Waals surface area contributed by atoms with Gasteiger partial charge >= 0.3 is 0 Å². The number of nitro groups is 1. The number of hydrogen-bond donors (Lipinski definition) is 1. The molecule has 2 aromatic carbocycles. The summed E-state index contributed by atoms with van der Waals surface area (Å²) in [6.45, 7) is 4.18. The molecule has 5 nitrogen and oxygen atoms in total. The van der Waals surface area contributed by atoms with Crippen molar-refractivity contribution in [3.05, 3.63) is 69.8 Å². The summed E-state index contributed by atoms with van der Waals surface area (Å²) in [5.74, 6) is 1.27. The molecule has 6 heteroatoms. The first-order valence-electron chi connectivity index (χ1n) is 7.67. The molecule has 0 spiro atoms. The Morgan fingerprint density at radius 3 is 2.46 bits per heavy atom. The van der Waals surface area contributed by atoms with Gasteiger partial charge < -0.3 is 5.32 Å². The minimum Gasteiger partial charge on any atom is -0.325 e. The van der Waals surface area contributed by atoms with Crippen molar-refractivity contribution in [1.82, 2.24) is 0 Å². The van der Waals surface area contributed by atoms with Crippen molar-refractivity contribution in [2.75, 3.05) is 11.1 Å². The first kappa shape index (κ1) is 18.0. The molecule has 0 unspecified atom stereocenters. The first-order chi connectivity index (χ1) is 11.5. The maximum absolute atomic E-state index is 12.1. The van der Waals surface area contributed by atoms with Crippen molar-refractivity contribution in [2.24, 2.45) is 0 Å². The Labute approximate surface area is 145 Å². The van der Waals surface area contributed by atoms with Crippen molar-refractivity contribution in [1.29, 1.82) is 0 Å². The number of nitrogens with one attached hydrogen (secondary N) is 1. The Morgan fingerprint density at radius 1 is 1.17 bits per heavy atom. The van der Waals surface area contributed by atoms with Gasteiger partial charge in [-0.1, -0.05) is 44.2 Å². The molecular weight excluding hydrogens is 324 g/mol. The molecule has 24 heavy (non-hydrogen) atoms. The van der Waals surface area contributed by atoms with E-state index >= 15 is 0 Å². The van der Waals surface area contributed by atoms with Crippen LogP contribution >= 0.6 is 11.8 Å². The highest BCUT2D eigenvalue weighted by Crippen LogP contribution is 2.24. The monoisotopic (exact) mass is 344 g/mol. The van der Waals surface area contributed by atoms with E-state index in [0.717, 1.165) is 16.8 Å². The van der Waals surface area contributed by atoms with Crippen LogP contribution in [0.25, 0.3) is 0 Å². The van der Waals surface area contributed by atoms with Gasteiger partial charge in [0.25, 0.3) is 5.69 Å². The van der Waals surface area contributed by atoms with Gasteiger partial charge in [0.05, 0.1) is 10.7 Å². The molecule has 0 heterocycles. The van der Waals surface area contributed by atoms with Crippen molar-refractivity contribution in [3.8, 4) is 0 Å². The second kappa shape index (κ2) is 8.49. The summed E-state index contributed by atoms with van der Waals surface area (Å²) in [7, 11) is 0. The molecule has 0 aliphatic rings. The number of thioether (sulfide) groups is 1. The van der Waals surface area contributed by atoms with E-state index in [9.17, 15) is 14.9 Å². The van der Waals surface area contributed by atoms with Crippen LogP contribution in [0.15, 0.2) is 48.5 Å². The SMILES string of the molecule is CC(C)c1ccccc1NC(=O)CSCc1ccc([N+](=O)[O-])cc1. The highest BCUT2D eigenvalue weighted by molar-refractivity contribution is 7.99. The van der Waals surface area contributed by atoms with E-state index in [-0.39, 0.29) is 11.6 Å². The smallest absolute Gasteiger partial charge is 0.269 e. The summed E-state index contributed by atoms with van der Waals surface area (Å²) in [6.07, 6.45) is 0. The van der Waals surface area contributed by atoms with Gasteiger partial charge in [0.2, 0.25) is 5.91 Å². The van der Waals surface area contributed by atoms with E-state index in [1.54, 1.807) is 12.1 Å². The second-order valence-electron chi connectivity index (χ2n) is 5.71. The number of non-ortho nitro benzene ring substituents is 1. The fourth-order valence-electron chi connectivity index (χ4n) is 2.28. The van der Waals surface area contributed by atoms with Gasteiger partial charge in [0.15, 0.2) is 0 Å². The van der Waals surface area contributed by atoms with Crippen LogP contribution in [0.5, 0.6) is 0 Å². The maximum atomic E-state index is 12.1. The Morgan fingerprint density at radius 2 is 1.83 bits per heavy atom. The molecule has 126 valence electrons. The maximum Gasteiger partial charge on any atom is 0.269 e. The summed E-state index contributed by atoms with van der Waals surface area (Å²) >= 11 is 1.48. The fraction of sp³-hybridized carbons (Fsp3) is 0.278. The van der Waals surface area contributed by atoms with Crippen LogP contribution in [0, 0.1) is 10.1 Å². The van der Waals surface area contributed by atoms with E-state index in [0.29, 0.717) is 17.4 Å². The molecule has 0 bridgehead atoms. The Kier molecular flexibility index (Phi) is 6.37. The number of nitro benzene ring substituents is 1. The van der Waals surface area contributed by atoms with Gasteiger partial charge in [-0.3, -0.25) is 14.9 Å². The number of amides is 1. The summed E-state index contributed by atoms with van der Waals surface area (Å²) < 4.78 is 0. The van der Waals surface area contributed by atoms with Gasteiger partial charge in [0, 0.05) is 23.6 Å². The molecule has 0 aliphatic carbocycles. The summed E-state index contributed by atoms with van der Waals surface area (Å²) in [5, 5.41) is 13.6. The van der Waals surface area contributed by atoms with Gasteiger partial charge in [-0.15, -0.1) is 11.8 Å². The lowest BCUT2D eigenvalue weighted by Crippen LogP contribution is -2.15. The summed E-state index contributed by atoms with van der Waals surface area (Å²) in [6, 6.07) is 14.2. The highest BCUT2D eigenvalue weighted by Gasteiger charge is 2.09. The van der Waals surface area contributed by atoms with Gasteiger partial charge in [-0.25, -0.2) is 0 Å². The third-order valence-corrected chi connectivity index (χ3v) is 4.51. The zero-order valence-corrected chi connectivity index (χ0v) is 14.5. The minimum absolute atomic E-state index is 0.0463. The number of anilines is 1. The lowest BCUT2D eigenvalue weighted by molar-refractivity contribution is -0.384. The molecule has 0 aromatic heterocycles. The predicted molar refractivity (Wildman–Crippen MR) is 98.4 cm³/mol. The Balaban J connectivity index is 1.84. The lowest BCUT2D eigenvalue weighted by atomic mass is 10.0. The first-order valence-corrected chi connectivity index (χ1v) is 8.82. The molecule has 1 amide bonds. The average Bonchev–Trinajstić information content (AvgIpc) is 2.55. The number of hydrogen-bond acceptors (Lipinski definition) is 4. The lowest BCUT2D eigenvalue weighted by Gasteiger charge is -2.13. The van der Waals surface area contributed by atoms with Crippen LogP contribution in [0.4, 0.5) is 11.4 Å². The minimum atomic E-state index is -0.420. The summed E-state index contributed by atoms with van der Waals surface area (Å²) in [4.78, 5) is 22.3. The van der Waals surface area contributed by atoms with Crippen LogP contribution < -0.4 is 5.32 Å². The molecule has 1 N–H and O–H groups in total. The predicted octanol–water partition coefficient (Wildman–Crippen LogP) is 4.59. The van der Waals surface area contributed by atoms with Crippen molar-refractivity contribution >= 4 is 29.0 Å². The number of nitrogens with zero attached hydrogens (tertiary/aromatic N) is 1. The third-order valence-electron chi connectivity index (χ3n) is 3.51. The molecule has 0 saturated carbocycles. The standard InChI is InChI=1S/C18H20N2O3S/c1-13(2)16-5-3-4-6-17(16)19-18(21)12-24-11-14-7-9-15(10-8-14)20(22)23/h3-10,13H,11-12H2,1-2H3,(H,19,21). The van der Waals surface area contributed by atoms with E-state index in [4.69, 9.17) is 0 Å². The Bertz CT molecular complexity index is 714.